The second-order valence-corrected chi connectivity index (χ2v) is 3.83. The minimum absolute atomic E-state index is 0.456. The van der Waals surface area contributed by atoms with Crippen LogP contribution in [-0.2, 0) is 0 Å². The molecule has 2 aromatic rings. The largest absolute Gasteiger partial charge is 0.494 e. The van der Waals surface area contributed by atoms with E-state index in [2.05, 4.69) is 11.1 Å². The third kappa shape index (κ3) is 2.38. The lowest BCUT2D eigenvalue weighted by Gasteiger charge is -2.05. The second-order valence-electron chi connectivity index (χ2n) is 3.39. The van der Waals surface area contributed by atoms with Gasteiger partial charge in [-0.15, -0.1) is 0 Å². The highest BCUT2D eigenvalue weighted by molar-refractivity contribution is 6.30. The van der Waals surface area contributed by atoms with Crippen molar-refractivity contribution >= 4 is 11.6 Å². The van der Waals surface area contributed by atoms with Gasteiger partial charge in [-0.3, -0.25) is 4.98 Å². The zero-order valence-corrected chi connectivity index (χ0v) is 9.90. The van der Waals surface area contributed by atoms with E-state index in [9.17, 15) is 0 Å². The van der Waals surface area contributed by atoms with Crippen LogP contribution in [0.5, 0.6) is 5.75 Å². The van der Waals surface area contributed by atoms with Crippen LogP contribution in [0.15, 0.2) is 36.5 Å². The average molecular weight is 245 g/mol. The Labute approximate surface area is 104 Å². The number of rotatable bonds is 2. The average Bonchev–Trinajstić information content (AvgIpc) is 2.38. The molecule has 0 amide bonds. The van der Waals surface area contributed by atoms with Crippen molar-refractivity contribution in [3.05, 3.63) is 47.1 Å². The van der Waals surface area contributed by atoms with Crippen LogP contribution >= 0.6 is 11.6 Å². The van der Waals surface area contributed by atoms with Crippen LogP contribution in [0.2, 0.25) is 5.02 Å². The van der Waals surface area contributed by atoms with Crippen LogP contribution in [-0.4, -0.2) is 12.1 Å². The minimum atomic E-state index is 0.456. The summed E-state index contributed by atoms with van der Waals surface area (Å²) in [5.41, 5.74) is 2.03. The van der Waals surface area contributed by atoms with Crippen molar-refractivity contribution < 1.29 is 4.74 Å². The maximum absolute atomic E-state index is 8.99. The molecule has 0 atom stereocenters. The molecule has 17 heavy (non-hydrogen) atoms. The first kappa shape index (κ1) is 11.4. The van der Waals surface area contributed by atoms with E-state index in [1.54, 1.807) is 18.2 Å². The molecule has 3 nitrogen and oxygen atoms in total. The Morgan fingerprint density at radius 1 is 1.35 bits per heavy atom. The highest BCUT2D eigenvalue weighted by Crippen LogP contribution is 2.25. The molecule has 0 saturated heterocycles. The lowest BCUT2D eigenvalue weighted by Crippen LogP contribution is -1.91. The number of aromatic nitrogens is 1. The lowest BCUT2D eigenvalue weighted by atomic mass is 10.1. The van der Waals surface area contributed by atoms with Gasteiger partial charge in [0.15, 0.2) is 5.75 Å². The van der Waals surface area contributed by atoms with E-state index in [1.807, 2.05) is 12.1 Å². The molecule has 84 valence electrons. The van der Waals surface area contributed by atoms with E-state index in [0.717, 1.165) is 5.56 Å². The van der Waals surface area contributed by atoms with Crippen LogP contribution in [0.1, 0.15) is 5.56 Å². The van der Waals surface area contributed by atoms with Crippen LogP contribution < -0.4 is 4.74 Å². The first-order valence-corrected chi connectivity index (χ1v) is 5.32. The smallest absolute Gasteiger partial charge is 0.154 e. The van der Waals surface area contributed by atoms with Crippen LogP contribution in [0, 0.1) is 11.3 Å². The molecule has 0 saturated carbocycles. The maximum atomic E-state index is 8.99. The summed E-state index contributed by atoms with van der Waals surface area (Å²) >= 11 is 5.91. The molecule has 0 fully saturated rings. The van der Waals surface area contributed by atoms with Crippen molar-refractivity contribution in [1.29, 1.82) is 5.26 Å². The summed E-state index contributed by atoms with van der Waals surface area (Å²) in [6.07, 6.45) is 1.54. The van der Waals surface area contributed by atoms with Gasteiger partial charge < -0.3 is 4.74 Å². The fraction of sp³-hybridized carbons (Fsp3) is 0.0769. The van der Waals surface area contributed by atoms with Crippen molar-refractivity contribution in [3.63, 3.8) is 0 Å². The zero-order chi connectivity index (χ0) is 12.3. The Bertz CT molecular complexity index is 590. The Balaban J connectivity index is 2.51. The van der Waals surface area contributed by atoms with Gasteiger partial charge in [0.2, 0.25) is 0 Å². The Hall–Kier alpha value is -2.05. The second kappa shape index (κ2) is 4.86. The van der Waals surface area contributed by atoms with E-state index < -0.39 is 0 Å². The van der Waals surface area contributed by atoms with Crippen molar-refractivity contribution in [3.8, 4) is 23.1 Å². The monoisotopic (exact) mass is 244 g/mol. The van der Waals surface area contributed by atoms with E-state index in [1.165, 1.54) is 13.3 Å². The number of hydrogen-bond donors (Lipinski definition) is 0. The van der Waals surface area contributed by atoms with Crippen LogP contribution in [0.3, 0.4) is 0 Å². The van der Waals surface area contributed by atoms with E-state index in [4.69, 9.17) is 21.6 Å². The number of ether oxygens (including phenoxy) is 1. The quantitative estimate of drug-likeness (QED) is 0.814. The number of nitrogens with zero attached hydrogens (tertiary/aromatic N) is 2. The number of nitriles is 1. The molecule has 0 bridgehead atoms. The van der Waals surface area contributed by atoms with E-state index >= 15 is 0 Å². The molecule has 1 aromatic carbocycles. The van der Waals surface area contributed by atoms with Gasteiger partial charge in [-0.25, -0.2) is 0 Å². The number of benzene rings is 1. The summed E-state index contributed by atoms with van der Waals surface area (Å²) in [6, 6.07) is 11.1. The van der Waals surface area contributed by atoms with Crippen molar-refractivity contribution in [2.45, 2.75) is 0 Å². The van der Waals surface area contributed by atoms with Crippen molar-refractivity contribution in [2.24, 2.45) is 0 Å². The van der Waals surface area contributed by atoms with Gasteiger partial charge in [-0.05, 0) is 18.2 Å². The minimum Gasteiger partial charge on any atom is -0.494 e. The van der Waals surface area contributed by atoms with Gasteiger partial charge in [0.1, 0.15) is 6.07 Å². The Morgan fingerprint density at radius 2 is 2.18 bits per heavy atom. The summed E-state index contributed by atoms with van der Waals surface area (Å²) in [7, 11) is 1.51. The lowest BCUT2D eigenvalue weighted by molar-refractivity contribution is 0.411. The van der Waals surface area contributed by atoms with Gasteiger partial charge in [0.05, 0.1) is 24.6 Å². The third-order valence-electron chi connectivity index (χ3n) is 2.33. The topological polar surface area (TPSA) is 45.9 Å². The molecule has 0 N–H and O–H groups in total. The van der Waals surface area contributed by atoms with Crippen LogP contribution in [0.25, 0.3) is 11.3 Å². The SMILES string of the molecule is COc1cnc(-c2cccc(Cl)c2)cc1C#N. The number of halogens is 1. The first-order valence-electron chi connectivity index (χ1n) is 4.94. The molecule has 0 unspecified atom stereocenters. The Morgan fingerprint density at radius 3 is 2.82 bits per heavy atom. The fourth-order valence-corrected chi connectivity index (χ4v) is 1.69. The molecule has 4 heteroatoms. The highest BCUT2D eigenvalue weighted by Gasteiger charge is 2.06. The molecule has 0 aliphatic carbocycles. The van der Waals surface area contributed by atoms with E-state index in [-0.39, 0.29) is 0 Å². The fourth-order valence-electron chi connectivity index (χ4n) is 1.50. The van der Waals surface area contributed by atoms with Crippen LogP contribution in [0.4, 0.5) is 0 Å². The Kier molecular flexibility index (Phi) is 3.27. The summed E-state index contributed by atoms with van der Waals surface area (Å²) in [6.45, 7) is 0. The summed E-state index contributed by atoms with van der Waals surface area (Å²) < 4.78 is 5.04. The predicted molar refractivity (Wildman–Crippen MR) is 66.0 cm³/mol. The van der Waals surface area contributed by atoms with Gasteiger partial charge in [0, 0.05) is 10.6 Å². The van der Waals surface area contributed by atoms with Gasteiger partial charge >= 0.3 is 0 Å². The summed E-state index contributed by atoms with van der Waals surface area (Å²) in [5, 5.41) is 9.63. The van der Waals surface area contributed by atoms with Gasteiger partial charge in [0.25, 0.3) is 0 Å². The number of hydrogen-bond acceptors (Lipinski definition) is 3. The predicted octanol–water partition coefficient (Wildman–Crippen LogP) is 3.28. The number of pyridine rings is 1. The highest BCUT2D eigenvalue weighted by atomic mass is 35.5. The van der Waals surface area contributed by atoms with Crippen molar-refractivity contribution in [1.82, 2.24) is 4.98 Å². The van der Waals surface area contributed by atoms with Gasteiger partial charge in [-0.1, -0.05) is 23.7 Å². The summed E-state index contributed by atoms with van der Waals surface area (Å²) in [4.78, 5) is 4.23. The molecular weight excluding hydrogens is 236 g/mol. The maximum Gasteiger partial charge on any atom is 0.154 e. The first-order chi connectivity index (χ1) is 8.24. The number of methoxy groups -OCH3 is 1. The zero-order valence-electron chi connectivity index (χ0n) is 9.14. The molecule has 1 heterocycles. The molecule has 1 aromatic heterocycles. The summed E-state index contributed by atoms with van der Waals surface area (Å²) in [5.74, 6) is 0.471. The normalized spacial score (nSPS) is 9.71. The standard InChI is InChI=1S/C13H9ClN2O/c1-17-13-8-16-12(6-10(13)7-15)9-3-2-4-11(14)5-9/h2-6,8H,1H3. The van der Waals surface area contributed by atoms with E-state index in [0.29, 0.717) is 22.0 Å². The van der Waals surface area contributed by atoms with Crippen molar-refractivity contribution in [2.75, 3.05) is 7.11 Å². The molecule has 0 aliphatic heterocycles. The molecule has 0 spiro atoms. The molecule has 0 aliphatic rings. The molecular formula is C13H9ClN2O. The molecule has 2 rings (SSSR count). The molecule has 0 radical (unpaired) electrons. The van der Waals surface area contributed by atoms with Gasteiger partial charge in [-0.2, -0.15) is 5.26 Å². The third-order valence-corrected chi connectivity index (χ3v) is 2.56.